The molecular weight excluding hydrogens is 314 g/mol. The molecule has 1 aliphatic rings. The van der Waals surface area contributed by atoms with Crippen molar-refractivity contribution in [1.29, 1.82) is 0 Å². The highest BCUT2D eigenvalue weighted by atomic mass is 16.1. The van der Waals surface area contributed by atoms with Gasteiger partial charge in [-0.15, -0.1) is 0 Å². The number of likely N-dealkylation sites (tertiary alicyclic amines) is 1. The number of guanidine groups is 1. The smallest absolute Gasteiger partial charge is 0.251 e. The van der Waals surface area contributed by atoms with Crippen LogP contribution in [0.4, 0.5) is 0 Å². The van der Waals surface area contributed by atoms with Gasteiger partial charge in [0.1, 0.15) is 0 Å². The third kappa shape index (κ3) is 6.05. The first-order valence-electron chi connectivity index (χ1n) is 9.16. The maximum absolute atomic E-state index is 11.6. The van der Waals surface area contributed by atoms with E-state index in [1.807, 2.05) is 24.3 Å². The Hall–Kier alpha value is -2.08. The minimum absolute atomic E-state index is 0.0635. The van der Waals surface area contributed by atoms with Crippen molar-refractivity contribution in [2.75, 3.05) is 33.7 Å². The molecule has 0 atom stereocenters. The Morgan fingerprint density at radius 2 is 1.92 bits per heavy atom. The van der Waals surface area contributed by atoms with E-state index in [0.29, 0.717) is 18.2 Å². The van der Waals surface area contributed by atoms with Gasteiger partial charge in [-0.3, -0.25) is 9.79 Å². The summed E-state index contributed by atoms with van der Waals surface area (Å²) < 4.78 is 0. The first-order valence-corrected chi connectivity index (χ1v) is 9.16. The first kappa shape index (κ1) is 19.2. The van der Waals surface area contributed by atoms with Gasteiger partial charge in [0.15, 0.2) is 5.96 Å². The van der Waals surface area contributed by atoms with Crippen LogP contribution in [0.15, 0.2) is 29.3 Å². The van der Waals surface area contributed by atoms with E-state index < -0.39 is 0 Å². The zero-order valence-corrected chi connectivity index (χ0v) is 15.6. The summed E-state index contributed by atoms with van der Waals surface area (Å²) >= 11 is 0. The van der Waals surface area contributed by atoms with Crippen molar-refractivity contribution in [3.05, 3.63) is 35.4 Å². The molecule has 2 rings (SSSR count). The lowest BCUT2D eigenvalue weighted by atomic mass is 10.1. The van der Waals surface area contributed by atoms with E-state index in [0.717, 1.165) is 37.5 Å². The Morgan fingerprint density at radius 1 is 1.24 bits per heavy atom. The van der Waals surface area contributed by atoms with Crippen LogP contribution in [0.3, 0.4) is 0 Å². The van der Waals surface area contributed by atoms with Crippen LogP contribution in [0.25, 0.3) is 0 Å². The normalized spacial score (nSPS) is 16.5. The zero-order chi connectivity index (χ0) is 18.1. The molecule has 1 amide bonds. The predicted molar refractivity (Wildman–Crippen MR) is 103 cm³/mol. The van der Waals surface area contributed by atoms with Crippen molar-refractivity contribution in [3.8, 4) is 0 Å². The summed E-state index contributed by atoms with van der Waals surface area (Å²) in [6, 6.07) is 8.10. The minimum Gasteiger partial charge on any atom is -0.355 e. The Bertz CT molecular complexity index is 562. The van der Waals surface area contributed by atoms with Crippen molar-refractivity contribution < 1.29 is 4.79 Å². The number of benzene rings is 1. The van der Waals surface area contributed by atoms with Crippen LogP contribution in [0, 0.1) is 0 Å². The number of hydrogen-bond acceptors (Lipinski definition) is 3. The highest BCUT2D eigenvalue weighted by Crippen LogP contribution is 2.10. The second kappa shape index (κ2) is 10.0. The van der Waals surface area contributed by atoms with Crippen LogP contribution in [-0.2, 0) is 6.54 Å². The fourth-order valence-corrected chi connectivity index (χ4v) is 3.11. The molecule has 1 saturated heterocycles. The largest absolute Gasteiger partial charge is 0.355 e. The van der Waals surface area contributed by atoms with Crippen LogP contribution in [0.1, 0.15) is 42.1 Å². The van der Waals surface area contributed by atoms with Gasteiger partial charge in [-0.1, -0.05) is 19.1 Å². The molecule has 1 aromatic rings. The second-order valence-electron chi connectivity index (χ2n) is 6.46. The lowest BCUT2D eigenvalue weighted by Crippen LogP contribution is -2.48. The average molecular weight is 345 g/mol. The number of amides is 1. The number of rotatable bonds is 6. The van der Waals surface area contributed by atoms with Gasteiger partial charge in [-0.25, -0.2) is 0 Å². The molecule has 138 valence electrons. The number of nitrogens with one attached hydrogen (secondary N) is 3. The maximum Gasteiger partial charge on any atom is 0.251 e. The summed E-state index contributed by atoms with van der Waals surface area (Å²) in [5.74, 6) is 0.774. The number of piperidine rings is 1. The molecule has 0 aromatic heterocycles. The summed E-state index contributed by atoms with van der Waals surface area (Å²) in [7, 11) is 3.44. The molecule has 3 N–H and O–H groups in total. The number of nitrogens with zero attached hydrogens (tertiary/aromatic N) is 2. The molecule has 0 radical (unpaired) electrons. The van der Waals surface area contributed by atoms with Crippen molar-refractivity contribution in [2.45, 2.75) is 38.8 Å². The van der Waals surface area contributed by atoms with Crippen molar-refractivity contribution in [3.63, 3.8) is 0 Å². The number of aliphatic imine (C=N–C) groups is 1. The molecule has 1 heterocycles. The van der Waals surface area contributed by atoms with Gasteiger partial charge >= 0.3 is 0 Å². The molecular formula is C19H31N5O. The molecule has 0 saturated carbocycles. The Kier molecular flexibility index (Phi) is 7.73. The van der Waals surface area contributed by atoms with E-state index in [2.05, 4.69) is 32.8 Å². The van der Waals surface area contributed by atoms with Crippen LogP contribution in [0.2, 0.25) is 0 Å². The fourth-order valence-electron chi connectivity index (χ4n) is 3.11. The summed E-state index contributed by atoms with van der Waals surface area (Å²) in [6.07, 6.45) is 3.53. The van der Waals surface area contributed by atoms with Gasteiger partial charge < -0.3 is 20.9 Å². The van der Waals surface area contributed by atoms with E-state index in [4.69, 9.17) is 0 Å². The van der Waals surface area contributed by atoms with Crippen molar-refractivity contribution in [2.24, 2.45) is 4.99 Å². The molecule has 25 heavy (non-hydrogen) atoms. The highest BCUT2D eigenvalue weighted by Gasteiger charge is 2.19. The molecule has 0 bridgehead atoms. The fraction of sp³-hybridized carbons (Fsp3) is 0.579. The zero-order valence-electron chi connectivity index (χ0n) is 15.6. The van der Waals surface area contributed by atoms with Gasteiger partial charge in [-0.05, 0) is 43.5 Å². The van der Waals surface area contributed by atoms with E-state index >= 15 is 0 Å². The Labute approximate surface area is 151 Å². The van der Waals surface area contributed by atoms with Crippen molar-refractivity contribution in [1.82, 2.24) is 20.9 Å². The van der Waals surface area contributed by atoms with Crippen LogP contribution < -0.4 is 16.0 Å². The lowest BCUT2D eigenvalue weighted by Gasteiger charge is -2.32. The Morgan fingerprint density at radius 3 is 2.48 bits per heavy atom. The van der Waals surface area contributed by atoms with E-state index in [-0.39, 0.29) is 5.91 Å². The predicted octanol–water partition coefficient (Wildman–Crippen LogP) is 1.59. The van der Waals surface area contributed by atoms with Gasteiger partial charge in [-0.2, -0.15) is 0 Å². The lowest BCUT2D eigenvalue weighted by molar-refractivity contribution is 0.0963. The standard InChI is InChI=1S/C19H31N5O/c1-4-11-24-12-9-17(10-13-24)23-19(21-3)22-14-15-5-7-16(8-6-15)18(25)20-2/h5-8,17H,4,9-14H2,1-3H3,(H,20,25)(H2,21,22,23). The third-order valence-electron chi connectivity index (χ3n) is 4.60. The number of carbonyl (C=O) groups is 1. The molecule has 0 spiro atoms. The average Bonchev–Trinajstić information content (AvgIpc) is 2.66. The summed E-state index contributed by atoms with van der Waals surface area (Å²) in [6.45, 7) is 6.43. The SMILES string of the molecule is CCCN1CCC(NC(=NC)NCc2ccc(C(=O)NC)cc2)CC1. The van der Waals surface area contributed by atoms with E-state index in [1.54, 1.807) is 14.1 Å². The van der Waals surface area contributed by atoms with Crippen LogP contribution in [-0.4, -0.2) is 56.5 Å². The highest BCUT2D eigenvalue weighted by molar-refractivity contribution is 5.93. The Balaban J connectivity index is 1.78. The van der Waals surface area contributed by atoms with E-state index in [9.17, 15) is 4.79 Å². The number of hydrogen-bond donors (Lipinski definition) is 3. The molecule has 1 fully saturated rings. The summed E-state index contributed by atoms with van der Waals surface area (Å²) in [5.41, 5.74) is 1.79. The summed E-state index contributed by atoms with van der Waals surface area (Å²) in [5, 5.41) is 9.51. The molecule has 1 aliphatic heterocycles. The van der Waals surface area contributed by atoms with Gasteiger partial charge in [0.05, 0.1) is 0 Å². The van der Waals surface area contributed by atoms with Crippen LogP contribution in [0.5, 0.6) is 0 Å². The quantitative estimate of drug-likeness (QED) is 0.541. The second-order valence-corrected chi connectivity index (χ2v) is 6.46. The van der Waals surface area contributed by atoms with Crippen molar-refractivity contribution >= 4 is 11.9 Å². The third-order valence-corrected chi connectivity index (χ3v) is 4.60. The maximum atomic E-state index is 11.6. The molecule has 0 unspecified atom stereocenters. The molecule has 6 nitrogen and oxygen atoms in total. The molecule has 1 aromatic carbocycles. The van der Waals surface area contributed by atoms with E-state index in [1.165, 1.54) is 13.0 Å². The van der Waals surface area contributed by atoms with Gasteiger partial charge in [0.2, 0.25) is 0 Å². The summed E-state index contributed by atoms with van der Waals surface area (Å²) in [4.78, 5) is 18.4. The van der Waals surface area contributed by atoms with Gasteiger partial charge in [0.25, 0.3) is 5.91 Å². The first-order chi connectivity index (χ1) is 12.2. The molecule has 6 heteroatoms. The topological polar surface area (TPSA) is 68.8 Å². The molecule has 0 aliphatic carbocycles. The van der Waals surface area contributed by atoms with Gasteiger partial charge in [0, 0.05) is 45.3 Å². The number of carbonyl (C=O) groups excluding carboxylic acids is 1. The van der Waals surface area contributed by atoms with Crippen LogP contribution >= 0.6 is 0 Å². The monoisotopic (exact) mass is 345 g/mol. The minimum atomic E-state index is -0.0635.